The predicted molar refractivity (Wildman–Crippen MR) is 448 cm³/mol. The Bertz CT molecular complexity index is 5790. The summed E-state index contributed by atoms with van der Waals surface area (Å²) in [6.07, 6.45) is 3.30. The molecule has 542 valence electrons. The highest BCUT2D eigenvalue weighted by Gasteiger charge is 2.43. The Kier molecular flexibility index (Phi) is 14.8. The van der Waals surface area contributed by atoms with E-state index in [0.29, 0.717) is 0 Å². The van der Waals surface area contributed by atoms with Gasteiger partial charge in [0.15, 0.2) is 0 Å². The molecule has 0 atom stereocenters. The number of hydrogen-bond donors (Lipinski definition) is 4. The molecule has 0 spiro atoms. The Balaban J connectivity index is 0.782. The van der Waals surface area contributed by atoms with Crippen LogP contribution in [-0.2, 0) is 47.3 Å². The van der Waals surface area contributed by atoms with Gasteiger partial charge in [-0.15, -0.1) is 0 Å². The van der Waals surface area contributed by atoms with Gasteiger partial charge in [-0.1, -0.05) is 201 Å². The zero-order valence-corrected chi connectivity index (χ0v) is 63.5. The summed E-state index contributed by atoms with van der Waals surface area (Å²) in [6, 6.07) is 89.5. The highest BCUT2D eigenvalue weighted by atomic mass is 16.4. The van der Waals surface area contributed by atoms with Crippen LogP contribution in [0.3, 0.4) is 0 Å². The fourth-order valence-corrected chi connectivity index (χ4v) is 20.3. The molecule has 14 aromatic carbocycles. The van der Waals surface area contributed by atoms with Crippen LogP contribution in [0.4, 0.5) is 0 Å². The van der Waals surface area contributed by atoms with E-state index in [4.69, 9.17) is 0 Å². The van der Waals surface area contributed by atoms with Crippen molar-refractivity contribution in [2.24, 2.45) is 0 Å². The molecule has 4 N–H and O–H groups in total. The third-order valence-corrected chi connectivity index (χ3v) is 26.4. The van der Waals surface area contributed by atoms with Gasteiger partial charge in [0.2, 0.25) is 0 Å². The molecule has 0 fully saturated rings. The van der Waals surface area contributed by atoms with Crippen LogP contribution in [0.25, 0.3) is 145 Å². The standard InChI is InChI=1S/C104H78O8/c1-101(2)87-45-63(55-9-17-59(18-10-55)97(105)106)25-33-71(87)75-37-29-67(49-91(75)101)83-53-84(68-30-38-76-72-34-26-64(46-88(72)102(3,4)92(76)50-68)56-11-19-60(20-12-56)98(107)108)80-43-44-82-86(70-32-40-78-74-36-28-66(48-90(74)104(7,8)94(78)52-70)58-15-23-62(24-16-58)100(111)112)54-85(81-42-41-79(83)95(80)96(81)82)69-31-39-77-73-35-27-65(47-89(73)103(5,6)93(77)51-69)57-13-21-61(22-14-57)99(109)110/h9-40,45-54H,41-44H2,1-8H3,(H,105,106)(H,107,108)(H,109,110)(H,111,112). The average Bonchev–Trinajstić information content (AvgIpc) is 1.77. The maximum Gasteiger partial charge on any atom is 0.335 e. The number of carboxylic acids is 4. The van der Waals surface area contributed by atoms with Crippen molar-refractivity contribution in [3.8, 4) is 145 Å². The Morgan fingerprint density at radius 2 is 0.348 bits per heavy atom. The van der Waals surface area contributed by atoms with Crippen molar-refractivity contribution in [1.82, 2.24) is 0 Å². The van der Waals surface area contributed by atoms with E-state index in [0.717, 1.165) is 70.2 Å². The molecule has 8 nitrogen and oxygen atoms in total. The fraction of sp³-hybridized carbons (Fsp3) is 0.154. The summed E-state index contributed by atoms with van der Waals surface area (Å²) in [6.45, 7) is 18.7. The van der Waals surface area contributed by atoms with Crippen LogP contribution in [-0.4, -0.2) is 44.3 Å². The molecule has 0 unspecified atom stereocenters. The smallest absolute Gasteiger partial charge is 0.335 e. The van der Waals surface area contributed by atoms with Crippen LogP contribution in [0.15, 0.2) is 255 Å². The van der Waals surface area contributed by atoms with Crippen molar-refractivity contribution in [2.75, 3.05) is 0 Å². The fourth-order valence-electron chi connectivity index (χ4n) is 20.3. The molecule has 0 aliphatic heterocycles. The first-order chi connectivity index (χ1) is 53.8. The van der Waals surface area contributed by atoms with E-state index in [2.05, 4.69) is 213 Å². The van der Waals surface area contributed by atoms with Crippen LogP contribution in [0.1, 0.15) is 164 Å². The van der Waals surface area contributed by atoms with E-state index in [9.17, 15) is 39.6 Å². The molecule has 20 rings (SSSR count). The molecular formula is C104H78O8. The molecule has 0 radical (unpaired) electrons. The quantitative estimate of drug-likeness (QED) is 0.0945. The van der Waals surface area contributed by atoms with Crippen LogP contribution >= 0.6 is 0 Å². The van der Waals surface area contributed by atoms with E-state index in [1.54, 1.807) is 48.5 Å². The molecule has 8 heteroatoms. The monoisotopic (exact) mass is 1450 g/mol. The number of benzene rings is 14. The van der Waals surface area contributed by atoms with Crippen LogP contribution in [0.5, 0.6) is 0 Å². The number of carboxylic acid groups (broad SMARTS) is 4. The lowest BCUT2D eigenvalue weighted by molar-refractivity contribution is 0.0686. The lowest BCUT2D eigenvalue weighted by Gasteiger charge is -2.36. The summed E-state index contributed by atoms with van der Waals surface area (Å²) in [5, 5.41) is 39.2. The van der Waals surface area contributed by atoms with Crippen molar-refractivity contribution in [2.45, 2.75) is 103 Å². The summed E-state index contributed by atoms with van der Waals surface area (Å²) >= 11 is 0. The van der Waals surface area contributed by atoms with Crippen molar-refractivity contribution in [3.63, 3.8) is 0 Å². The maximum absolute atomic E-state index is 11.9. The van der Waals surface area contributed by atoms with Crippen molar-refractivity contribution in [1.29, 1.82) is 0 Å². The van der Waals surface area contributed by atoms with Gasteiger partial charge in [0.25, 0.3) is 0 Å². The molecule has 0 amide bonds. The van der Waals surface area contributed by atoms with E-state index >= 15 is 0 Å². The van der Waals surface area contributed by atoms with Gasteiger partial charge >= 0.3 is 23.9 Å². The SMILES string of the molecule is CC1(C)c2cc(-c3ccc(C(=O)O)cc3)ccc2-c2ccc(-c3cc(-c4ccc5c(c4)C(C)(C)c4cc(-c6ccc(C(=O)O)cc6)ccc4-5)c4c5c3CCc3c(-c6ccc7c(c6)C(C)(C)c6cc(-c8ccc(C(=O)O)cc8)ccc6-7)cc(-c6ccc7c(c6)C(C)(C)c6cc(-c8ccc(C(=O)O)cc8)ccc6-7)c(c3-5)CC4)cc21. The average molecular weight is 1460 g/mol. The van der Waals surface area contributed by atoms with Crippen LogP contribution in [0.2, 0.25) is 0 Å². The molecule has 14 aromatic rings. The molecule has 0 heterocycles. The topological polar surface area (TPSA) is 149 Å². The van der Waals surface area contributed by atoms with E-state index in [1.807, 2.05) is 48.5 Å². The van der Waals surface area contributed by atoms with Gasteiger partial charge in [-0.2, -0.15) is 0 Å². The number of fused-ring (bicyclic) bond motifs is 12. The summed E-state index contributed by atoms with van der Waals surface area (Å²) in [7, 11) is 0. The first-order valence-corrected chi connectivity index (χ1v) is 38.7. The Morgan fingerprint density at radius 3 is 0.518 bits per heavy atom. The van der Waals surface area contributed by atoms with Crippen molar-refractivity contribution >= 4 is 23.9 Å². The molecule has 0 aromatic heterocycles. The van der Waals surface area contributed by atoms with Crippen molar-refractivity contribution < 1.29 is 39.6 Å². The first-order valence-electron chi connectivity index (χ1n) is 38.7. The summed E-state index contributed by atoms with van der Waals surface area (Å²) in [4.78, 5) is 47.8. The third kappa shape index (κ3) is 10.1. The zero-order valence-electron chi connectivity index (χ0n) is 63.5. The Labute approximate surface area is 650 Å². The lowest BCUT2D eigenvalue weighted by Crippen LogP contribution is -2.19. The van der Waals surface area contributed by atoms with Crippen LogP contribution < -0.4 is 0 Å². The second-order valence-corrected chi connectivity index (χ2v) is 33.7. The normalized spacial score (nSPS) is 15.0. The molecular weight excluding hydrogens is 1380 g/mol. The second kappa shape index (κ2) is 24.2. The molecule has 112 heavy (non-hydrogen) atoms. The van der Waals surface area contributed by atoms with E-state index in [1.165, 1.54) is 167 Å². The molecule has 6 aliphatic rings. The van der Waals surface area contributed by atoms with Gasteiger partial charge in [-0.25, -0.2) is 19.2 Å². The van der Waals surface area contributed by atoms with Gasteiger partial charge in [0, 0.05) is 21.7 Å². The molecule has 0 saturated heterocycles. The van der Waals surface area contributed by atoms with Gasteiger partial charge < -0.3 is 20.4 Å². The minimum Gasteiger partial charge on any atom is -0.478 e. The van der Waals surface area contributed by atoms with E-state index < -0.39 is 23.9 Å². The minimum atomic E-state index is -0.947. The highest BCUT2D eigenvalue weighted by molar-refractivity contribution is 6.02. The van der Waals surface area contributed by atoms with Crippen LogP contribution in [0, 0.1) is 0 Å². The van der Waals surface area contributed by atoms with Crippen molar-refractivity contribution in [3.05, 3.63) is 344 Å². The number of hydrogen-bond acceptors (Lipinski definition) is 4. The van der Waals surface area contributed by atoms with Gasteiger partial charge in [-0.05, 0) is 346 Å². The maximum atomic E-state index is 11.9. The highest BCUT2D eigenvalue weighted by Crippen LogP contribution is 2.60. The second-order valence-electron chi connectivity index (χ2n) is 33.7. The summed E-state index contributed by atoms with van der Waals surface area (Å²) < 4.78 is 0. The zero-order chi connectivity index (χ0) is 77.1. The largest absolute Gasteiger partial charge is 0.478 e. The predicted octanol–water partition coefficient (Wildman–Crippen LogP) is 24.9. The Morgan fingerprint density at radius 1 is 0.196 bits per heavy atom. The molecule has 0 bridgehead atoms. The van der Waals surface area contributed by atoms with Gasteiger partial charge in [-0.3, -0.25) is 0 Å². The molecule has 0 saturated carbocycles. The third-order valence-electron chi connectivity index (χ3n) is 26.4. The summed E-state index contributed by atoms with van der Waals surface area (Å²) in [5.41, 5.74) is 45.0. The van der Waals surface area contributed by atoms with Gasteiger partial charge in [0.1, 0.15) is 0 Å². The number of carbonyl (C=O) groups is 4. The summed E-state index contributed by atoms with van der Waals surface area (Å²) in [5.74, 6) is -3.79. The molecule has 6 aliphatic carbocycles. The number of aromatic carboxylic acids is 4. The number of rotatable bonds is 12. The minimum absolute atomic E-state index is 0.258. The Hall–Kier alpha value is -13.0. The first kappa shape index (κ1) is 68.2. The van der Waals surface area contributed by atoms with E-state index in [-0.39, 0.29) is 43.9 Å². The van der Waals surface area contributed by atoms with Gasteiger partial charge in [0.05, 0.1) is 22.3 Å². The lowest BCUT2D eigenvalue weighted by atomic mass is 9.68.